The first kappa shape index (κ1) is 11.9. The molecule has 0 atom stereocenters. The zero-order chi connectivity index (χ0) is 9.45. The first-order valence-electron chi connectivity index (χ1n) is 4.45. The van der Waals surface area contributed by atoms with Gasteiger partial charge in [-0.3, -0.25) is 0 Å². The van der Waals surface area contributed by atoms with E-state index in [9.17, 15) is 0 Å². The lowest BCUT2D eigenvalue weighted by Gasteiger charge is -2.30. The molecule has 0 amide bonds. The van der Waals surface area contributed by atoms with Crippen molar-refractivity contribution in [1.82, 2.24) is 0 Å². The van der Waals surface area contributed by atoms with Crippen LogP contribution in [0.4, 0.5) is 0 Å². The Morgan fingerprint density at radius 1 is 0.917 bits per heavy atom. The zero-order valence-corrected chi connectivity index (χ0v) is 8.26. The maximum atomic E-state index is 5.35. The van der Waals surface area contributed by atoms with Gasteiger partial charge in [-0.15, -0.1) is 0 Å². The summed E-state index contributed by atoms with van der Waals surface area (Å²) in [6.45, 7) is 11.1. The van der Waals surface area contributed by atoms with Crippen LogP contribution in [0.3, 0.4) is 0 Å². The highest BCUT2D eigenvalue weighted by Gasteiger charge is 2.29. The normalized spacial score (nSPS) is 12.0. The van der Waals surface area contributed by atoms with Crippen LogP contribution in [0.25, 0.3) is 0 Å². The van der Waals surface area contributed by atoms with Gasteiger partial charge in [0.2, 0.25) is 0 Å². The Kier molecular flexibility index (Phi) is 6.34. The largest absolute Gasteiger partial charge is 0.328 e. The van der Waals surface area contributed by atoms with E-state index in [0.29, 0.717) is 26.2 Å². The SMILES string of the molecule is [CH2]CC(OCC)(OCC)OCC. The van der Waals surface area contributed by atoms with E-state index in [1.54, 1.807) is 0 Å². The Balaban J connectivity index is 4.06. The van der Waals surface area contributed by atoms with Crippen LogP contribution in [0.2, 0.25) is 0 Å². The van der Waals surface area contributed by atoms with Gasteiger partial charge in [0.05, 0.1) is 0 Å². The number of hydrogen-bond acceptors (Lipinski definition) is 3. The van der Waals surface area contributed by atoms with Gasteiger partial charge in [-0.1, -0.05) is 0 Å². The van der Waals surface area contributed by atoms with Crippen LogP contribution < -0.4 is 0 Å². The molecule has 3 nitrogen and oxygen atoms in total. The van der Waals surface area contributed by atoms with Crippen LogP contribution in [0.5, 0.6) is 0 Å². The predicted octanol–water partition coefficient (Wildman–Crippen LogP) is 1.97. The first-order chi connectivity index (χ1) is 5.74. The number of rotatable bonds is 7. The summed E-state index contributed by atoms with van der Waals surface area (Å²) < 4.78 is 16.1. The summed E-state index contributed by atoms with van der Waals surface area (Å²) in [5, 5.41) is 0. The van der Waals surface area contributed by atoms with Crippen molar-refractivity contribution in [3.8, 4) is 0 Å². The highest BCUT2D eigenvalue weighted by Crippen LogP contribution is 2.19. The van der Waals surface area contributed by atoms with E-state index in [2.05, 4.69) is 6.92 Å². The highest BCUT2D eigenvalue weighted by atomic mass is 16.9. The second-order valence-electron chi connectivity index (χ2n) is 2.23. The maximum Gasteiger partial charge on any atom is 0.282 e. The van der Waals surface area contributed by atoms with Crippen LogP contribution >= 0.6 is 0 Å². The molecule has 0 saturated carbocycles. The predicted molar refractivity (Wildman–Crippen MR) is 47.6 cm³/mol. The summed E-state index contributed by atoms with van der Waals surface area (Å²) in [6.07, 6.45) is 0.461. The summed E-state index contributed by atoms with van der Waals surface area (Å²) in [5.74, 6) is -0.918. The third kappa shape index (κ3) is 3.52. The van der Waals surface area contributed by atoms with E-state index in [0.717, 1.165) is 0 Å². The number of hydrogen-bond donors (Lipinski definition) is 0. The van der Waals surface area contributed by atoms with Crippen molar-refractivity contribution in [3.05, 3.63) is 6.92 Å². The molecule has 0 N–H and O–H groups in total. The monoisotopic (exact) mass is 175 g/mol. The topological polar surface area (TPSA) is 27.7 Å². The number of ether oxygens (including phenoxy) is 3. The fraction of sp³-hybridized carbons (Fsp3) is 0.889. The summed E-state index contributed by atoms with van der Waals surface area (Å²) in [6, 6.07) is 0. The van der Waals surface area contributed by atoms with Gasteiger partial charge in [-0.2, -0.15) is 0 Å². The van der Waals surface area contributed by atoms with Gasteiger partial charge in [0.15, 0.2) is 0 Å². The molecule has 0 rings (SSSR count). The van der Waals surface area contributed by atoms with Crippen LogP contribution in [-0.4, -0.2) is 25.8 Å². The first-order valence-corrected chi connectivity index (χ1v) is 4.45. The van der Waals surface area contributed by atoms with Crippen molar-refractivity contribution in [2.75, 3.05) is 19.8 Å². The Morgan fingerprint density at radius 3 is 1.42 bits per heavy atom. The highest BCUT2D eigenvalue weighted by molar-refractivity contribution is 4.58. The molecule has 3 heteroatoms. The van der Waals surface area contributed by atoms with Gasteiger partial charge in [0.1, 0.15) is 0 Å². The summed E-state index contributed by atoms with van der Waals surface area (Å²) in [4.78, 5) is 0. The average molecular weight is 175 g/mol. The molecule has 0 spiro atoms. The smallest absolute Gasteiger partial charge is 0.282 e. The Bertz CT molecular complexity index is 86.9. The molecule has 0 bridgehead atoms. The fourth-order valence-electron chi connectivity index (χ4n) is 1.00. The van der Waals surface area contributed by atoms with Gasteiger partial charge in [0.25, 0.3) is 5.97 Å². The Labute approximate surface area is 75.0 Å². The lowest BCUT2D eigenvalue weighted by atomic mass is 10.4. The minimum atomic E-state index is -0.918. The van der Waals surface area contributed by atoms with Gasteiger partial charge in [-0.05, 0) is 27.7 Å². The second kappa shape index (κ2) is 6.40. The van der Waals surface area contributed by atoms with Gasteiger partial charge >= 0.3 is 0 Å². The zero-order valence-electron chi connectivity index (χ0n) is 8.26. The van der Waals surface area contributed by atoms with E-state index in [4.69, 9.17) is 14.2 Å². The third-order valence-corrected chi connectivity index (χ3v) is 1.40. The molecule has 0 unspecified atom stereocenters. The molecule has 12 heavy (non-hydrogen) atoms. The van der Waals surface area contributed by atoms with Crippen LogP contribution in [0, 0.1) is 6.92 Å². The molecule has 0 aliphatic carbocycles. The molecule has 0 aliphatic heterocycles. The summed E-state index contributed by atoms with van der Waals surface area (Å²) >= 11 is 0. The van der Waals surface area contributed by atoms with Crippen molar-refractivity contribution < 1.29 is 14.2 Å². The molecule has 0 fully saturated rings. The van der Waals surface area contributed by atoms with Crippen molar-refractivity contribution in [2.24, 2.45) is 0 Å². The van der Waals surface area contributed by atoms with Crippen LogP contribution in [-0.2, 0) is 14.2 Å². The molecular weight excluding hydrogens is 156 g/mol. The average Bonchev–Trinajstić information content (AvgIpc) is 2.06. The van der Waals surface area contributed by atoms with E-state index in [1.165, 1.54) is 0 Å². The van der Waals surface area contributed by atoms with E-state index >= 15 is 0 Å². The van der Waals surface area contributed by atoms with E-state index in [1.807, 2.05) is 20.8 Å². The molecule has 0 aromatic carbocycles. The lowest BCUT2D eigenvalue weighted by Crippen LogP contribution is -2.38. The second-order valence-corrected chi connectivity index (χ2v) is 2.23. The molecule has 73 valence electrons. The molecule has 0 aliphatic rings. The molecule has 0 heterocycles. The van der Waals surface area contributed by atoms with Gasteiger partial charge in [0, 0.05) is 26.2 Å². The quantitative estimate of drug-likeness (QED) is 0.554. The molecule has 0 aromatic heterocycles. The third-order valence-electron chi connectivity index (χ3n) is 1.40. The molecule has 0 saturated heterocycles. The van der Waals surface area contributed by atoms with Gasteiger partial charge in [-0.25, -0.2) is 0 Å². The lowest BCUT2D eigenvalue weighted by molar-refractivity contribution is -0.375. The standard InChI is InChI=1S/C9H19O3/c1-5-9(10-6-2,11-7-3)12-8-4/h1,5-8H2,2-4H3. The summed E-state index contributed by atoms with van der Waals surface area (Å²) in [7, 11) is 0. The Morgan fingerprint density at radius 2 is 1.25 bits per heavy atom. The van der Waals surface area contributed by atoms with Crippen LogP contribution in [0.15, 0.2) is 0 Å². The fourth-order valence-corrected chi connectivity index (χ4v) is 1.00. The minimum Gasteiger partial charge on any atom is -0.328 e. The summed E-state index contributed by atoms with van der Waals surface area (Å²) in [5.41, 5.74) is 0. The minimum absolute atomic E-state index is 0.461. The van der Waals surface area contributed by atoms with E-state index in [-0.39, 0.29) is 0 Å². The maximum absolute atomic E-state index is 5.35. The van der Waals surface area contributed by atoms with Crippen molar-refractivity contribution in [3.63, 3.8) is 0 Å². The van der Waals surface area contributed by atoms with Crippen molar-refractivity contribution in [1.29, 1.82) is 0 Å². The van der Waals surface area contributed by atoms with Crippen molar-refractivity contribution >= 4 is 0 Å². The van der Waals surface area contributed by atoms with Crippen molar-refractivity contribution in [2.45, 2.75) is 33.2 Å². The molecule has 1 radical (unpaired) electrons. The van der Waals surface area contributed by atoms with Gasteiger partial charge < -0.3 is 14.2 Å². The van der Waals surface area contributed by atoms with E-state index < -0.39 is 5.97 Å². The van der Waals surface area contributed by atoms with Crippen LogP contribution in [0.1, 0.15) is 27.2 Å². The molecular formula is C9H19O3. The molecule has 0 aromatic rings. The Hall–Kier alpha value is -0.120.